The third kappa shape index (κ3) is 3.80. The average molecular weight is 382 g/mol. The highest BCUT2D eigenvalue weighted by molar-refractivity contribution is 5.76. The van der Waals surface area contributed by atoms with Crippen molar-refractivity contribution in [1.82, 2.24) is 19.4 Å². The summed E-state index contributed by atoms with van der Waals surface area (Å²) in [6.45, 7) is 3.64. The molecule has 0 saturated carbocycles. The van der Waals surface area contributed by atoms with Gasteiger partial charge in [-0.25, -0.2) is 4.79 Å². The van der Waals surface area contributed by atoms with Crippen LogP contribution in [-0.4, -0.2) is 46.1 Å². The lowest BCUT2D eigenvalue weighted by Crippen LogP contribution is -2.48. The second kappa shape index (κ2) is 7.75. The van der Waals surface area contributed by atoms with Gasteiger partial charge in [0, 0.05) is 31.9 Å². The molecule has 4 rings (SSSR count). The molecule has 1 spiro atoms. The van der Waals surface area contributed by atoms with Crippen molar-refractivity contribution in [3.63, 3.8) is 0 Å². The first-order chi connectivity index (χ1) is 13.6. The first-order valence-electron chi connectivity index (χ1n) is 9.89. The summed E-state index contributed by atoms with van der Waals surface area (Å²) in [6, 6.07) is 10.9. The number of rotatable bonds is 4. The predicted molar refractivity (Wildman–Crippen MR) is 106 cm³/mol. The Labute approximate surface area is 163 Å². The summed E-state index contributed by atoms with van der Waals surface area (Å²) in [5, 5.41) is 3.41. The van der Waals surface area contributed by atoms with Crippen LogP contribution in [-0.2, 0) is 17.9 Å². The van der Waals surface area contributed by atoms with Crippen molar-refractivity contribution in [3.05, 3.63) is 69.0 Å². The van der Waals surface area contributed by atoms with E-state index < -0.39 is 11.2 Å². The number of carbonyl (C=O) groups excluding carboxylic acids is 1. The molecule has 1 aromatic carbocycles. The Morgan fingerprint density at radius 2 is 1.79 bits per heavy atom. The fourth-order valence-electron chi connectivity index (χ4n) is 4.29. The highest BCUT2D eigenvalue weighted by Crippen LogP contribution is 2.36. The standard InChI is InChI=1S/C21H26N4O3/c26-18-6-11-24(14-17-4-2-1-3-5-17)20(28)25(18)15-19(27)23-12-8-21(9-13-23)7-10-22-16-21/h1-6,11,22H,7-10,12-16H2. The molecule has 0 atom stereocenters. The number of amides is 1. The van der Waals surface area contributed by atoms with Gasteiger partial charge >= 0.3 is 5.69 Å². The van der Waals surface area contributed by atoms with E-state index in [2.05, 4.69) is 5.32 Å². The number of nitrogens with one attached hydrogen (secondary N) is 1. The van der Waals surface area contributed by atoms with Gasteiger partial charge in [-0.2, -0.15) is 0 Å². The van der Waals surface area contributed by atoms with E-state index in [1.165, 1.54) is 16.8 Å². The SMILES string of the molecule is O=C(Cn1c(=O)ccn(Cc2ccccc2)c1=O)N1CCC2(CCNC2)CC1. The van der Waals surface area contributed by atoms with Crippen LogP contribution in [0.15, 0.2) is 52.2 Å². The van der Waals surface area contributed by atoms with Gasteiger partial charge in [0.1, 0.15) is 6.54 Å². The summed E-state index contributed by atoms with van der Waals surface area (Å²) in [4.78, 5) is 39.5. The van der Waals surface area contributed by atoms with Crippen molar-refractivity contribution in [1.29, 1.82) is 0 Å². The van der Waals surface area contributed by atoms with Crippen LogP contribution < -0.4 is 16.6 Å². The number of aromatic nitrogens is 2. The van der Waals surface area contributed by atoms with Gasteiger partial charge in [0.25, 0.3) is 5.56 Å². The van der Waals surface area contributed by atoms with Gasteiger partial charge in [0.05, 0.1) is 6.54 Å². The molecule has 0 aliphatic carbocycles. The van der Waals surface area contributed by atoms with E-state index in [0.29, 0.717) is 25.0 Å². The minimum atomic E-state index is -0.446. The molecular formula is C21H26N4O3. The highest BCUT2D eigenvalue weighted by atomic mass is 16.2. The number of likely N-dealkylation sites (tertiary alicyclic amines) is 1. The van der Waals surface area contributed by atoms with Crippen LogP contribution in [0.2, 0.25) is 0 Å². The Kier molecular flexibility index (Phi) is 5.17. The molecule has 2 aromatic rings. The molecule has 0 bridgehead atoms. The first-order valence-corrected chi connectivity index (χ1v) is 9.89. The summed E-state index contributed by atoms with van der Waals surface area (Å²) in [7, 11) is 0. The fourth-order valence-corrected chi connectivity index (χ4v) is 4.29. The largest absolute Gasteiger partial charge is 0.341 e. The van der Waals surface area contributed by atoms with Gasteiger partial charge in [0.2, 0.25) is 5.91 Å². The molecule has 2 saturated heterocycles. The van der Waals surface area contributed by atoms with Crippen LogP contribution in [0.5, 0.6) is 0 Å². The van der Waals surface area contributed by atoms with Crippen molar-refractivity contribution in [3.8, 4) is 0 Å². The van der Waals surface area contributed by atoms with Crippen molar-refractivity contribution in [2.45, 2.75) is 32.4 Å². The second-order valence-corrected chi connectivity index (χ2v) is 7.94. The van der Waals surface area contributed by atoms with Gasteiger partial charge in [-0.3, -0.25) is 18.7 Å². The minimum absolute atomic E-state index is 0.155. The zero-order chi connectivity index (χ0) is 19.6. The quantitative estimate of drug-likeness (QED) is 0.843. The van der Waals surface area contributed by atoms with Gasteiger partial charge in [-0.05, 0) is 36.8 Å². The van der Waals surface area contributed by atoms with Gasteiger partial charge in [0.15, 0.2) is 0 Å². The molecular weight excluding hydrogens is 356 g/mol. The molecule has 2 aliphatic rings. The third-order valence-corrected chi connectivity index (χ3v) is 6.14. The van der Waals surface area contributed by atoms with Gasteiger partial charge in [-0.1, -0.05) is 30.3 Å². The van der Waals surface area contributed by atoms with Crippen LogP contribution in [0.4, 0.5) is 0 Å². The summed E-state index contributed by atoms with van der Waals surface area (Å²) in [6.07, 6.45) is 4.62. The Bertz CT molecular complexity index is 948. The third-order valence-electron chi connectivity index (χ3n) is 6.14. The summed E-state index contributed by atoms with van der Waals surface area (Å²) in [5.41, 5.74) is 0.407. The lowest BCUT2D eigenvalue weighted by atomic mass is 9.78. The molecule has 1 N–H and O–H groups in total. The van der Waals surface area contributed by atoms with Crippen molar-refractivity contribution < 1.29 is 4.79 Å². The lowest BCUT2D eigenvalue weighted by molar-refractivity contribution is -0.134. The number of nitrogens with zero attached hydrogens (tertiary/aromatic N) is 3. The molecule has 3 heterocycles. The molecule has 1 aromatic heterocycles. The van der Waals surface area contributed by atoms with E-state index >= 15 is 0 Å². The predicted octanol–water partition coefficient (Wildman–Crippen LogP) is 0.660. The number of piperidine rings is 1. The second-order valence-electron chi connectivity index (χ2n) is 7.94. The van der Waals surface area contributed by atoms with Crippen LogP contribution in [0.1, 0.15) is 24.8 Å². The molecule has 28 heavy (non-hydrogen) atoms. The fraction of sp³-hybridized carbons (Fsp3) is 0.476. The van der Waals surface area contributed by atoms with E-state index in [1.807, 2.05) is 30.3 Å². The highest BCUT2D eigenvalue weighted by Gasteiger charge is 2.38. The Morgan fingerprint density at radius 1 is 1.04 bits per heavy atom. The zero-order valence-electron chi connectivity index (χ0n) is 16.0. The van der Waals surface area contributed by atoms with Crippen LogP contribution >= 0.6 is 0 Å². The Balaban J connectivity index is 1.47. The average Bonchev–Trinajstić information content (AvgIpc) is 3.16. The lowest BCUT2D eigenvalue weighted by Gasteiger charge is -2.38. The van der Waals surface area contributed by atoms with Gasteiger partial charge in [-0.15, -0.1) is 0 Å². The van der Waals surface area contributed by atoms with E-state index in [0.717, 1.165) is 42.5 Å². The number of hydrogen-bond acceptors (Lipinski definition) is 4. The molecule has 148 valence electrons. The van der Waals surface area contributed by atoms with E-state index in [-0.39, 0.29) is 12.5 Å². The number of hydrogen-bond donors (Lipinski definition) is 1. The summed E-state index contributed by atoms with van der Waals surface area (Å²) >= 11 is 0. The number of benzene rings is 1. The van der Waals surface area contributed by atoms with Crippen LogP contribution in [0, 0.1) is 5.41 Å². The molecule has 2 aliphatic heterocycles. The molecule has 0 radical (unpaired) electrons. The molecule has 7 heteroatoms. The van der Waals surface area contributed by atoms with Crippen molar-refractivity contribution in [2.24, 2.45) is 5.41 Å². The number of carbonyl (C=O) groups is 1. The zero-order valence-corrected chi connectivity index (χ0v) is 16.0. The van der Waals surface area contributed by atoms with Crippen molar-refractivity contribution >= 4 is 5.91 Å². The van der Waals surface area contributed by atoms with E-state index in [9.17, 15) is 14.4 Å². The summed E-state index contributed by atoms with van der Waals surface area (Å²) < 4.78 is 2.52. The smallest absolute Gasteiger partial charge is 0.331 e. The maximum absolute atomic E-state index is 12.8. The maximum Gasteiger partial charge on any atom is 0.331 e. The Hall–Kier alpha value is -2.67. The topological polar surface area (TPSA) is 76.3 Å². The maximum atomic E-state index is 12.8. The summed E-state index contributed by atoms with van der Waals surface area (Å²) in [5.74, 6) is -0.155. The van der Waals surface area contributed by atoms with Crippen LogP contribution in [0.3, 0.4) is 0 Å². The monoisotopic (exact) mass is 382 g/mol. The molecule has 7 nitrogen and oxygen atoms in total. The van der Waals surface area contributed by atoms with Crippen molar-refractivity contribution in [2.75, 3.05) is 26.2 Å². The van der Waals surface area contributed by atoms with Gasteiger partial charge < -0.3 is 10.2 Å². The first kappa shape index (κ1) is 18.7. The minimum Gasteiger partial charge on any atom is -0.341 e. The van der Waals surface area contributed by atoms with E-state index in [4.69, 9.17) is 0 Å². The van der Waals surface area contributed by atoms with Crippen LogP contribution in [0.25, 0.3) is 0 Å². The normalized spacial score (nSPS) is 18.5. The Morgan fingerprint density at radius 3 is 2.46 bits per heavy atom. The molecule has 0 unspecified atom stereocenters. The van der Waals surface area contributed by atoms with E-state index in [1.54, 1.807) is 4.90 Å². The molecule has 1 amide bonds. The molecule has 2 fully saturated rings.